The van der Waals surface area contributed by atoms with Gasteiger partial charge in [-0.25, -0.2) is 0 Å². The summed E-state index contributed by atoms with van der Waals surface area (Å²) in [6, 6.07) is 0. The second-order valence-electron chi connectivity index (χ2n) is 8.62. The first kappa shape index (κ1) is 16.9. The summed E-state index contributed by atoms with van der Waals surface area (Å²) < 4.78 is 0. The van der Waals surface area contributed by atoms with Gasteiger partial charge < -0.3 is 10.2 Å². The number of rotatable bonds is 1. The largest absolute Gasteiger partial charge is 0.390 e. The highest BCUT2D eigenvalue weighted by molar-refractivity contribution is 6.05. The molecule has 4 nitrogen and oxygen atoms in total. The van der Waals surface area contributed by atoms with Crippen LogP contribution < -0.4 is 0 Å². The molecule has 1 saturated carbocycles. The van der Waals surface area contributed by atoms with Crippen molar-refractivity contribution in [1.29, 1.82) is 0 Å². The van der Waals surface area contributed by atoms with Crippen LogP contribution in [0.4, 0.5) is 0 Å². The molecule has 6 atom stereocenters. The number of hydrogen-bond acceptors (Lipinski definition) is 4. The van der Waals surface area contributed by atoms with Gasteiger partial charge in [0.25, 0.3) is 0 Å². The van der Waals surface area contributed by atoms with Crippen molar-refractivity contribution < 1.29 is 19.8 Å². The number of carbonyl (C=O) groups excluding carboxylic acids is 2. The van der Waals surface area contributed by atoms with Gasteiger partial charge in [0, 0.05) is 17.9 Å². The lowest BCUT2D eigenvalue weighted by molar-refractivity contribution is -0.134. The zero-order chi connectivity index (χ0) is 18.1. The Bertz CT molecular complexity index is 758. The molecule has 134 valence electrons. The van der Waals surface area contributed by atoms with E-state index in [0.29, 0.717) is 18.4 Å². The minimum absolute atomic E-state index is 0.00350. The molecule has 1 fully saturated rings. The van der Waals surface area contributed by atoms with Gasteiger partial charge in [-0.3, -0.25) is 9.59 Å². The molecule has 0 aliphatic heterocycles. The maximum absolute atomic E-state index is 13.2. The van der Waals surface area contributed by atoms with Gasteiger partial charge in [-0.15, -0.1) is 0 Å². The highest BCUT2D eigenvalue weighted by atomic mass is 16.3. The zero-order valence-electron chi connectivity index (χ0n) is 15.1. The monoisotopic (exact) mass is 342 g/mol. The SMILES string of the molecule is CC(=O)C1=CCC2C3=CCC4=CC(O)C(O)CC4(C)C3CC(=O)C12C. The fourth-order valence-electron chi connectivity index (χ4n) is 5.92. The van der Waals surface area contributed by atoms with Crippen molar-refractivity contribution in [2.45, 2.75) is 58.7 Å². The van der Waals surface area contributed by atoms with Crippen LogP contribution in [-0.4, -0.2) is 34.0 Å². The number of ketones is 2. The Morgan fingerprint density at radius 2 is 1.92 bits per heavy atom. The average molecular weight is 342 g/mol. The van der Waals surface area contributed by atoms with Crippen molar-refractivity contribution in [1.82, 2.24) is 0 Å². The van der Waals surface area contributed by atoms with Gasteiger partial charge in [0.05, 0.1) is 17.6 Å². The molecule has 0 spiro atoms. The number of aliphatic hydroxyl groups is 2. The van der Waals surface area contributed by atoms with E-state index in [4.69, 9.17) is 0 Å². The third-order valence-electron chi connectivity index (χ3n) is 7.43. The molecule has 0 heterocycles. The molecule has 0 aromatic carbocycles. The summed E-state index contributed by atoms with van der Waals surface area (Å²) in [5.74, 6) is 0.248. The van der Waals surface area contributed by atoms with Crippen LogP contribution >= 0.6 is 0 Å². The van der Waals surface area contributed by atoms with Crippen molar-refractivity contribution in [2.24, 2.45) is 22.7 Å². The van der Waals surface area contributed by atoms with Crippen molar-refractivity contribution >= 4 is 11.6 Å². The first-order valence-corrected chi connectivity index (χ1v) is 9.21. The standard InChI is InChI=1S/C21H26O4/c1-11(22)14-6-7-15-13-5-4-12-8-17(23)18(24)10-20(12,2)16(13)9-19(25)21(14,15)3/h5-6,8,15-18,23-24H,4,7,9-10H2,1-3H3. The first-order valence-electron chi connectivity index (χ1n) is 9.21. The third-order valence-corrected chi connectivity index (χ3v) is 7.43. The summed E-state index contributed by atoms with van der Waals surface area (Å²) in [5, 5.41) is 20.2. The highest BCUT2D eigenvalue weighted by Gasteiger charge is 2.59. The zero-order valence-corrected chi connectivity index (χ0v) is 15.1. The normalized spacial score (nSPS) is 45.6. The van der Waals surface area contributed by atoms with Gasteiger partial charge in [0.15, 0.2) is 5.78 Å². The van der Waals surface area contributed by atoms with Crippen LogP contribution in [0, 0.1) is 22.7 Å². The first-order chi connectivity index (χ1) is 11.7. The van der Waals surface area contributed by atoms with Crippen LogP contribution in [0.25, 0.3) is 0 Å². The fourth-order valence-corrected chi connectivity index (χ4v) is 5.92. The van der Waals surface area contributed by atoms with Crippen LogP contribution in [0.3, 0.4) is 0 Å². The second-order valence-corrected chi connectivity index (χ2v) is 8.62. The molecule has 6 unspecified atom stereocenters. The van der Waals surface area contributed by atoms with E-state index in [-0.39, 0.29) is 28.8 Å². The summed E-state index contributed by atoms with van der Waals surface area (Å²) in [7, 11) is 0. The van der Waals surface area contributed by atoms with Crippen LogP contribution in [0.15, 0.2) is 34.9 Å². The van der Waals surface area contributed by atoms with Gasteiger partial charge in [0.2, 0.25) is 0 Å². The summed E-state index contributed by atoms with van der Waals surface area (Å²) in [5.41, 5.74) is 2.09. The fraction of sp³-hybridized carbons (Fsp3) is 0.619. The third kappa shape index (κ3) is 2.07. The quantitative estimate of drug-likeness (QED) is 0.718. The van der Waals surface area contributed by atoms with Crippen molar-refractivity contribution in [3.05, 3.63) is 34.9 Å². The topological polar surface area (TPSA) is 74.6 Å². The van der Waals surface area contributed by atoms with Crippen molar-refractivity contribution in [3.63, 3.8) is 0 Å². The molecule has 4 aliphatic carbocycles. The lowest BCUT2D eigenvalue weighted by Gasteiger charge is -2.54. The van der Waals surface area contributed by atoms with Crippen LogP contribution in [0.1, 0.15) is 46.5 Å². The lowest BCUT2D eigenvalue weighted by Crippen LogP contribution is -2.52. The number of aliphatic hydroxyl groups excluding tert-OH is 2. The van der Waals surface area contributed by atoms with Crippen LogP contribution in [0.2, 0.25) is 0 Å². The Kier molecular flexibility index (Phi) is 3.55. The number of fused-ring (bicyclic) bond motifs is 5. The Hall–Kier alpha value is -1.52. The molecule has 0 bridgehead atoms. The Morgan fingerprint density at radius 3 is 2.60 bits per heavy atom. The summed E-state index contributed by atoms with van der Waals surface area (Å²) in [6.07, 6.45) is 6.73. The van der Waals surface area contributed by atoms with Gasteiger partial charge >= 0.3 is 0 Å². The molecular weight excluding hydrogens is 316 g/mol. The molecule has 0 amide bonds. The van der Waals surface area contributed by atoms with Gasteiger partial charge in [0.1, 0.15) is 5.78 Å². The molecule has 2 N–H and O–H groups in total. The molecule has 25 heavy (non-hydrogen) atoms. The van der Waals surface area contributed by atoms with E-state index in [0.717, 1.165) is 18.4 Å². The second kappa shape index (κ2) is 5.24. The number of allylic oxidation sites excluding steroid dienone is 5. The molecule has 0 aromatic heterocycles. The minimum Gasteiger partial charge on any atom is -0.390 e. The van der Waals surface area contributed by atoms with E-state index >= 15 is 0 Å². The van der Waals surface area contributed by atoms with Crippen LogP contribution in [-0.2, 0) is 9.59 Å². The van der Waals surface area contributed by atoms with E-state index in [1.165, 1.54) is 5.57 Å². The molecule has 4 heteroatoms. The predicted octanol–water partition coefficient (Wildman–Crippen LogP) is 2.51. The number of carbonyl (C=O) groups is 2. The Morgan fingerprint density at radius 1 is 1.20 bits per heavy atom. The molecule has 0 radical (unpaired) electrons. The molecular formula is C21H26O4. The van der Waals surface area contributed by atoms with Crippen molar-refractivity contribution in [3.8, 4) is 0 Å². The molecule has 0 aromatic rings. The van der Waals surface area contributed by atoms with Gasteiger partial charge in [-0.2, -0.15) is 0 Å². The van der Waals surface area contributed by atoms with Gasteiger partial charge in [-0.1, -0.05) is 36.3 Å². The van der Waals surface area contributed by atoms with E-state index < -0.39 is 17.6 Å². The smallest absolute Gasteiger partial charge is 0.156 e. The summed E-state index contributed by atoms with van der Waals surface area (Å²) in [4.78, 5) is 25.3. The maximum atomic E-state index is 13.2. The van der Waals surface area contributed by atoms with E-state index in [1.807, 2.05) is 13.0 Å². The van der Waals surface area contributed by atoms with Crippen LogP contribution in [0.5, 0.6) is 0 Å². The summed E-state index contributed by atoms with van der Waals surface area (Å²) in [6.45, 7) is 5.61. The maximum Gasteiger partial charge on any atom is 0.156 e. The molecule has 0 saturated heterocycles. The van der Waals surface area contributed by atoms with E-state index in [2.05, 4.69) is 13.0 Å². The molecule has 4 rings (SSSR count). The lowest BCUT2D eigenvalue weighted by atomic mass is 9.49. The Labute approximate surface area is 148 Å². The Balaban J connectivity index is 1.79. The average Bonchev–Trinajstić information content (AvgIpc) is 2.89. The van der Waals surface area contributed by atoms with Crippen molar-refractivity contribution in [2.75, 3.05) is 0 Å². The highest BCUT2D eigenvalue weighted by Crippen LogP contribution is 2.62. The molecule has 4 aliphatic rings. The number of Topliss-reactive ketones (excluding diaryl/α,β-unsaturated/α-hetero) is 2. The predicted molar refractivity (Wildman–Crippen MR) is 93.6 cm³/mol. The minimum atomic E-state index is -0.819. The number of hydrogen-bond donors (Lipinski definition) is 2. The van der Waals surface area contributed by atoms with E-state index in [9.17, 15) is 19.8 Å². The van der Waals surface area contributed by atoms with Gasteiger partial charge in [-0.05, 0) is 44.4 Å². The summed E-state index contributed by atoms with van der Waals surface area (Å²) >= 11 is 0. The van der Waals surface area contributed by atoms with E-state index in [1.54, 1.807) is 13.0 Å².